The van der Waals surface area contributed by atoms with Crippen molar-refractivity contribution in [3.05, 3.63) is 44.8 Å². The van der Waals surface area contributed by atoms with Crippen LogP contribution in [0.3, 0.4) is 0 Å². The van der Waals surface area contributed by atoms with Crippen molar-refractivity contribution in [1.82, 2.24) is 4.90 Å². The van der Waals surface area contributed by atoms with Crippen molar-refractivity contribution in [1.29, 1.82) is 0 Å². The number of nitrogens with zero attached hydrogens (tertiary/aromatic N) is 1. The standard InChI is InChI=1S/C20H27NOS2/c1-14-15(12-16-8-9-17(14)21(16)2)13-20(22-3,18-6-4-10-23-18)19-7-5-11-24-19/h4-7,10-11,14-17H,8-9,12-13H2,1-3H3. The average Bonchev–Trinajstić information content (AvgIpc) is 3.32. The maximum atomic E-state index is 6.30. The minimum Gasteiger partial charge on any atom is -0.367 e. The van der Waals surface area contributed by atoms with Crippen LogP contribution in [-0.4, -0.2) is 31.1 Å². The molecule has 24 heavy (non-hydrogen) atoms. The monoisotopic (exact) mass is 361 g/mol. The molecule has 0 radical (unpaired) electrons. The third-order valence-electron chi connectivity index (χ3n) is 6.56. The van der Waals surface area contributed by atoms with Gasteiger partial charge in [-0.15, -0.1) is 22.7 Å². The largest absolute Gasteiger partial charge is 0.367 e. The lowest BCUT2D eigenvalue weighted by Crippen LogP contribution is -2.47. The molecule has 2 bridgehead atoms. The van der Waals surface area contributed by atoms with Gasteiger partial charge in [0.2, 0.25) is 0 Å². The van der Waals surface area contributed by atoms with Gasteiger partial charge in [0.25, 0.3) is 0 Å². The molecule has 2 saturated heterocycles. The number of hydrogen-bond donors (Lipinski definition) is 0. The maximum Gasteiger partial charge on any atom is 0.136 e. The summed E-state index contributed by atoms with van der Waals surface area (Å²) in [5.74, 6) is 1.46. The highest BCUT2D eigenvalue weighted by Gasteiger charge is 2.47. The van der Waals surface area contributed by atoms with Gasteiger partial charge in [-0.2, -0.15) is 0 Å². The van der Waals surface area contributed by atoms with E-state index in [2.05, 4.69) is 53.9 Å². The molecule has 4 heterocycles. The van der Waals surface area contributed by atoms with Crippen molar-refractivity contribution in [3.8, 4) is 0 Å². The van der Waals surface area contributed by atoms with Crippen molar-refractivity contribution >= 4 is 22.7 Å². The Bertz CT molecular complexity index is 617. The van der Waals surface area contributed by atoms with Gasteiger partial charge >= 0.3 is 0 Å². The number of methoxy groups -OCH3 is 1. The molecule has 0 N–H and O–H groups in total. The second kappa shape index (κ2) is 6.56. The quantitative estimate of drug-likeness (QED) is 0.725. The van der Waals surface area contributed by atoms with Gasteiger partial charge < -0.3 is 9.64 Å². The fraction of sp³-hybridized carbons (Fsp3) is 0.600. The first-order chi connectivity index (χ1) is 11.7. The molecule has 4 unspecified atom stereocenters. The molecule has 0 amide bonds. The Hall–Kier alpha value is -0.680. The minimum atomic E-state index is -0.267. The van der Waals surface area contributed by atoms with E-state index in [0.717, 1.165) is 30.3 Å². The van der Waals surface area contributed by atoms with Crippen LogP contribution in [0, 0.1) is 11.8 Å². The van der Waals surface area contributed by atoms with Gasteiger partial charge in [0, 0.05) is 28.9 Å². The van der Waals surface area contributed by atoms with E-state index >= 15 is 0 Å². The first kappa shape index (κ1) is 16.8. The van der Waals surface area contributed by atoms with Crippen LogP contribution in [0.15, 0.2) is 35.0 Å². The molecular weight excluding hydrogens is 334 g/mol. The summed E-state index contributed by atoms with van der Waals surface area (Å²) in [5.41, 5.74) is -0.267. The average molecular weight is 362 g/mol. The molecule has 0 aliphatic carbocycles. The lowest BCUT2D eigenvalue weighted by molar-refractivity contribution is -0.0236. The lowest BCUT2D eigenvalue weighted by atomic mass is 9.74. The highest BCUT2D eigenvalue weighted by atomic mass is 32.1. The summed E-state index contributed by atoms with van der Waals surface area (Å²) in [4.78, 5) is 5.35. The topological polar surface area (TPSA) is 12.5 Å². The zero-order valence-electron chi connectivity index (χ0n) is 14.8. The number of hydrogen-bond acceptors (Lipinski definition) is 4. The second-order valence-corrected chi connectivity index (χ2v) is 9.40. The molecule has 4 heteroatoms. The molecule has 2 aromatic rings. The third-order valence-corrected chi connectivity index (χ3v) is 8.58. The van der Waals surface area contributed by atoms with Gasteiger partial charge in [-0.3, -0.25) is 0 Å². The predicted octanol–water partition coefficient (Wildman–Crippen LogP) is 5.21. The second-order valence-electron chi connectivity index (χ2n) is 7.51. The first-order valence-corrected chi connectivity index (χ1v) is 10.8. The summed E-state index contributed by atoms with van der Waals surface area (Å²) < 4.78 is 6.30. The number of ether oxygens (including phenoxy) is 1. The van der Waals surface area contributed by atoms with Crippen molar-refractivity contribution in [2.75, 3.05) is 14.2 Å². The van der Waals surface area contributed by atoms with Gasteiger partial charge in [0.15, 0.2) is 0 Å². The molecule has 4 rings (SSSR count). The van der Waals surface area contributed by atoms with Crippen LogP contribution < -0.4 is 0 Å². The van der Waals surface area contributed by atoms with Crippen LogP contribution in [0.4, 0.5) is 0 Å². The highest BCUT2D eigenvalue weighted by molar-refractivity contribution is 7.11. The van der Waals surface area contributed by atoms with Crippen LogP contribution in [-0.2, 0) is 10.3 Å². The number of thiophene rings is 2. The van der Waals surface area contributed by atoms with Crippen molar-refractivity contribution in [2.45, 2.75) is 50.3 Å². The van der Waals surface area contributed by atoms with E-state index in [0.29, 0.717) is 0 Å². The zero-order valence-corrected chi connectivity index (χ0v) is 16.4. The van der Waals surface area contributed by atoms with E-state index in [4.69, 9.17) is 4.74 Å². The van der Waals surface area contributed by atoms with Crippen LogP contribution >= 0.6 is 22.7 Å². The van der Waals surface area contributed by atoms with E-state index in [1.54, 1.807) is 0 Å². The van der Waals surface area contributed by atoms with Gasteiger partial charge in [0.1, 0.15) is 5.60 Å². The smallest absolute Gasteiger partial charge is 0.136 e. The van der Waals surface area contributed by atoms with Crippen molar-refractivity contribution in [3.63, 3.8) is 0 Å². The molecule has 2 fully saturated rings. The van der Waals surface area contributed by atoms with E-state index in [-0.39, 0.29) is 5.60 Å². The molecule has 0 spiro atoms. The van der Waals surface area contributed by atoms with Gasteiger partial charge in [-0.05, 0) is 67.5 Å². The van der Waals surface area contributed by atoms with Gasteiger partial charge in [-0.25, -0.2) is 0 Å². The molecule has 2 aliphatic heterocycles. The zero-order chi connectivity index (χ0) is 16.7. The van der Waals surface area contributed by atoms with Crippen molar-refractivity contribution in [2.24, 2.45) is 11.8 Å². The fourth-order valence-electron chi connectivity index (χ4n) is 5.10. The summed E-state index contributed by atoms with van der Waals surface area (Å²) in [7, 11) is 4.23. The Kier molecular flexibility index (Phi) is 4.59. The lowest BCUT2D eigenvalue weighted by Gasteiger charge is -2.45. The molecule has 0 aromatic carbocycles. The third kappa shape index (κ3) is 2.59. The summed E-state index contributed by atoms with van der Waals surface area (Å²) in [6.07, 6.45) is 5.17. The van der Waals surface area contributed by atoms with E-state index in [1.165, 1.54) is 29.0 Å². The molecule has 4 atom stereocenters. The van der Waals surface area contributed by atoms with E-state index in [1.807, 2.05) is 29.8 Å². The maximum absolute atomic E-state index is 6.30. The first-order valence-electron chi connectivity index (χ1n) is 9.01. The van der Waals surface area contributed by atoms with Crippen LogP contribution in [0.5, 0.6) is 0 Å². The Morgan fingerprint density at radius 2 is 1.83 bits per heavy atom. The SMILES string of the molecule is COC(CC1CC2CCC(C1C)N2C)(c1cccs1)c1cccs1. The fourth-order valence-corrected chi connectivity index (χ4v) is 7.02. The molecule has 130 valence electrons. The molecule has 2 nitrogen and oxygen atoms in total. The summed E-state index contributed by atoms with van der Waals surface area (Å²) >= 11 is 3.66. The predicted molar refractivity (Wildman–Crippen MR) is 103 cm³/mol. The number of fused-ring (bicyclic) bond motifs is 2. The molecule has 2 aliphatic rings. The molecular formula is C20H27NOS2. The van der Waals surface area contributed by atoms with E-state index in [9.17, 15) is 0 Å². The van der Waals surface area contributed by atoms with E-state index < -0.39 is 0 Å². The van der Waals surface area contributed by atoms with Gasteiger partial charge in [-0.1, -0.05) is 19.1 Å². The molecule has 2 aromatic heterocycles. The Morgan fingerprint density at radius 3 is 2.38 bits per heavy atom. The van der Waals surface area contributed by atoms with Crippen molar-refractivity contribution < 1.29 is 4.74 Å². The number of rotatable bonds is 5. The summed E-state index contributed by atoms with van der Waals surface area (Å²) in [5, 5.41) is 4.36. The van der Waals surface area contributed by atoms with Gasteiger partial charge in [0.05, 0.1) is 0 Å². The van der Waals surface area contributed by atoms with Crippen LogP contribution in [0.25, 0.3) is 0 Å². The number of piperidine rings is 1. The highest BCUT2D eigenvalue weighted by Crippen LogP contribution is 2.50. The molecule has 0 saturated carbocycles. The van der Waals surface area contributed by atoms with Crippen LogP contribution in [0.1, 0.15) is 42.4 Å². The Labute approximate surface area is 153 Å². The Balaban J connectivity index is 1.68. The normalized spacial score (nSPS) is 30.8. The summed E-state index contributed by atoms with van der Waals surface area (Å²) in [6.45, 7) is 2.47. The minimum absolute atomic E-state index is 0.267. The Morgan fingerprint density at radius 1 is 1.17 bits per heavy atom. The summed E-state index contributed by atoms with van der Waals surface area (Å²) in [6, 6.07) is 10.4. The van der Waals surface area contributed by atoms with Crippen LogP contribution in [0.2, 0.25) is 0 Å².